The SMILES string of the molecule is COc1ccc(CC(=O)N2CCCC(COc3ccccc3C)C2)cc1OC. The van der Waals surface area contributed by atoms with Crippen molar-refractivity contribution in [1.82, 2.24) is 4.90 Å². The summed E-state index contributed by atoms with van der Waals surface area (Å²) in [7, 11) is 3.21. The Morgan fingerprint density at radius 2 is 1.86 bits per heavy atom. The summed E-state index contributed by atoms with van der Waals surface area (Å²) in [4.78, 5) is 14.8. The number of piperidine rings is 1. The Bertz CT molecular complexity index is 805. The number of carbonyl (C=O) groups excluding carboxylic acids is 1. The third-order valence-electron chi connectivity index (χ3n) is 5.24. The number of carbonyl (C=O) groups is 1. The van der Waals surface area contributed by atoms with Crippen molar-refractivity contribution in [2.24, 2.45) is 5.92 Å². The zero-order valence-corrected chi connectivity index (χ0v) is 16.9. The Morgan fingerprint density at radius 1 is 1.07 bits per heavy atom. The van der Waals surface area contributed by atoms with E-state index in [4.69, 9.17) is 14.2 Å². The third kappa shape index (κ3) is 4.97. The molecule has 0 radical (unpaired) electrons. The number of aryl methyl sites for hydroxylation is 1. The second-order valence-corrected chi connectivity index (χ2v) is 7.29. The largest absolute Gasteiger partial charge is 0.493 e. The van der Waals surface area contributed by atoms with Crippen LogP contribution in [0.4, 0.5) is 0 Å². The molecule has 3 rings (SSSR count). The van der Waals surface area contributed by atoms with Crippen molar-refractivity contribution in [3.8, 4) is 17.2 Å². The number of benzene rings is 2. The molecule has 1 fully saturated rings. The average molecular weight is 383 g/mol. The van der Waals surface area contributed by atoms with E-state index >= 15 is 0 Å². The van der Waals surface area contributed by atoms with Crippen LogP contribution in [-0.4, -0.2) is 44.7 Å². The summed E-state index contributed by atoms with van der Waals surface area (Å²) in [5.74, 6) is 2.76. The molecule has 1 aliphatic heterocycles. The van der Waals surface area contributed by atoms with Gasteiger partial charge in [-0.1, -0.05) is 24.3 Å². The van der Waals surface area contributed by atoms with Crippen LogP contribution in [0, 0.1) is 12.8 Å². The van der Waals surface area contributed by atoms with Gasteiger partial charge in [-0.05, 0) is 49.1 Å². The van der Waals surface area contributed by atoms with Gasteiger partial charge in [0.1, 0.15) is 5.75 Å². The zero-order valence-electron chi connectivity index (χ0n) is 16.9. The lowest BCUT2D eigenvalue weighted by Gasteiger charge is -2.33. The lowest BCUT2D eigenvalue weighted by Crippen LogP contribution is -2.42. The van der Waals surface area contributed by atoms with Gasteiger partial charge in [0.15, 0.2) is 11.5 Å². The lowest BCUT2D eigenvalue weighted by molar-refractivity contribution is -0.132. The van der Waals surface area contributed by atoms with E-state index in [1.165, 1.54) is 0 Å². The van der Waals surface area contributed by atoms with E-state index in [0.717, 1.165) is 42.8 Å². The topological polar surface area (TPSA) is 48.0 Å². The Morgan fingerprint density at radius 3 is 2.61 bits per heavy atom. The molecule has 28 heavy (non-hydrogen) atoms. The zero-order chi connectivity index (χ0) is 19.9. The van der Waals surface area contributed by atoms with Crippen molar-refractivity contribution in [2.45, 2.75) is 26.2 Å². The molecule has 1 amide bonds. The molecule has 5 nitrogen and oxygen atoms in total. The number of methoxy groups -OCH3 is 2. The molecule has 0 N–H and O–H groups in total. The first-order chi connectivity index (χ1) is 13.6. The second kappa shape index (κ2) is 9.49. The van der Waals surface area contributed by atoms with Gasteiger partial charge in [-0.25, -0.2) is 0 Å². The molecule has 150 valence electrons. The predicted octanol–water partition coefficient (Wildman–Crippen LogP) is 3.87. The minimum atomic E-state index is 0.146. The summed E-state index contributed by atoms with van der Waals surface area (Å²) in [5, 5.41) is 0. The van der Waals surface area contributed by atoms with Crippen LogP contribution in [0.5, 0.6) is 17.2 Å². The number of hydrogen-bond donors (Lipinski definition) is 0. The van der Waals surface area contributed by atoms with E-state index in [2.05, 4.69) is 13.0 Å². The average Bonchev–Trinajstić information content (AvgIpc) is 2.73. The van der Waals surface area contributed by atoms with E-state index < -0.39 is 0 Å². The van der Waals surface area contributed by atoms with E-state index in [1.807, 2.05) is 41.3 Å². The van der Waals surface area contributed by atoms with Crippen molar-refractivity contribution >= 4 is 5.91 Å². The van der Waals surface area contributed by atoms with Crippen LogP contribution >= 0.6 is 0 Å². The maximum Gasteiger partial charge on any atom is 0.227 e. The van der Waals surface area contributed by atoms with Gasteiger partial charge < -0.3 is 19.1 Å². The molecule has 0 spiro atoms. The molecule has 0 saturated carbocycles. The summed E-state index contributed by atoms with van der Waals surface area (Å²) in [5.41, 5.74) is 2.07. The smallest absolute Gasteiger partial charge is 0.227 e. The molecule has 1 aliphatic rings. The van der Waals surface area contributed by atoms with Gasteiger partial charge in [0, 0.05) is 19.0 Å². The number of amides is 1. The highest BCUT2D eigenvalue weighted by atomic mass is 16.5. The first kappa shape index (κ1) is 20.1. The number of nitrogens with zero attached hydrogens (tertiary/aromatic N) is 1. The summed E-state index contributed by atoms with van der Waals surface area (Å²) in [6.07, 6.45) is 2.47. The maximum atomic E-state index is 12.8. The van der Waals surface area contributed by atoms with E-state index in [9.17, 15) is 4.79 Å². The van der Waals surface area contributed by atoms with Gasteiger partial charge in [-0.3, -0.25) is 4.79 Å². The molecular weight excluding hydrogens is 354 g/mol. The van der Waals surface area contributed by atoms with Crippen molar-refractivity contribution in [3.05, 3.63) is 53.6 Å². The monoisotopic (exact) mass is 383 g/mol. The Hall–Kier alpha value is -2.69. The number of rotatable bonds is 7. The molecule has 2 aromatic rings. The van der Waals surface area contributed by atoms with Crippen molar-refractivity contribution in [1.29, 1.82) is 0 Å². The van der Waals surface area contributed by atoms with E-state index in [0.29, 0.717) is 30.4 Å². The van der Waals surface area contributed by atoms with Gasteiger partial charge in [0.25, 0.3) is 0 Å². The van der Waals surface area contributed by atoms with Gasteiger partial charge in [0.05, 0.1) is 27.2 Å². The first-order valence-corrected chi connectivity index (χ1v) is 9.77. The fourth-order valence-corrected chi connectivity index (χ4v) is 3.63. The molecule has 1 heterocycles. The number of hydrogen-bond acceptors (Lipinski definition) is 4. The molecule has 2 aromatic carbocycles. The lowest BCUT2D eigenvalue weighted by atomic mass is 9.98. The Labute approximate surface area is 167 Å². The van der Waals surface area contributed by atoms with Crippen LogP contribution < -0.4 is 14.2 Å². The highest BCUT2D eigenvalue weighted by Crippen LogP contribution is 2.28. The predicted molar refractivity (Wildman–Crippen MR) is 109 cm³/mol. The van der Waals surface area contributed by atoms with Gasteiger partial charge >= 0.3 is 0 Å². The Kier molecular flexibility index (Phi) is 6.80. The first-order valence-electron chi connectivity index (χ1n) is 9.77. The van der Waals surface area contributed by atoms with E-state index in [1.54, 1.807) is 14.2 Å². The van der Waals surface area contributed by atoms with E-state index in [-0.39, 0.29) is 5.91 Å². The van der Waals surface area contributed by atoms with Crippen LogP contribution in [0.2, 0.25) is 0 Å². The van der Waals surface area contributed by atoms with Crippen molar-refractivity contribution in [2.75, 3.05) is 33.9 Å². The Balaban J connectivity index is 1.56. The summed E-state index contributed by atoms with van der Waals surface area (Å²) in [6.45, 7) is 4.26. The van der Waals surface area contributed by atoms with Crippen molar-refractivity contribution < 1.29 is 19.0 Å². The number of ether oxygens (including phenoxy) is 3. The van der Waals surface area contributed by atoms with Gasteiger partial charge in [-0.2, -0.15) is 0 Å². The molecule has 1 saturated heterocycles. The van der Waals surface area contributed by atoms with Gasteiger partial charge in [0.2, 0.25) is 5.91 Å². The molecule has 5 heteroatoms. The highest BCUT2D eigenvalue weighted by molar-refractivity contribution is 5.79. The van der Waals surface area contributed by atoms with Crippen LogP contribution in [0.15, 0.2) is 42.5 Å². The van der Waals surface area contributed by atoms with Crippen LogP contribution in [-0.2, 0) is 11.2 Å². The van der Waals surface area contributed by atoms with Crippen LogP contribution in [0.3, 0.4) is 0 Å². The highest BCUT2D eigenvalue weighted by Gasteiger charge is 2.24. The normalized spacial score (nSPS) is 16.5. The molecule has 0 bridgehead atoms. The summed E-state index contributed by atoms with van der Waals surface area (Å²) >= 11 is 0. The van der Waals surface area contributed by atoms with Crippen LogP contribution in [0.1, 0.15) is 24.0 Å². The quantitative estimate of drug-likeness (QED) is 0.728. The second-order valence-electron chi connectivity index (χ2n) is 7.29. The maximum absolute atomic E-state index is 12.8. The molecule has 0 aromatic heterocycles. The summed E-state index contributed by atoms with van der Waals surface area (Å²) in [6, 6.07) is 13.7. The molecule has 0 aliphatic carbocycles. The van der Waals surface area contributed by atoms with Crippen LogP contribution in [0.25, 0.3) is 0 Å². The molecule has 1 unspecified atom stereocenters. The minimum Gasteiger partial charge on any atom is -0.493 e. The summed E-state index contributed by atoms with van der Waals surface area (Å²) < 4.78 is 16.6. The number of para-hydroxylation sites is 1. The fraction of sp³-hybridized carbons (Fsp3) is 0.435. The van der Waals surface area contributed by atoms with Crippen molar-refractivity contribution in [3.63, 3.8) is 0 Å². The van der Waals surface area contributed by atoms with Gasteiger partial charge in [-0.15, -0.1) is 0 Å². The number of likely N-dealkylation sites (tertiary alicyclic amines) is 1. The minimum absolute atomic E-state index is 0.146. The third-order valence-corrected chi connectivity index (χ3v) is 5.24. The molecular formula is C23H29NO4. The fourth-order valence-electron chi connectivity index (χ4n) is 3.63. The molecule has 1 atom stereocenters. The standard InChI is InChI=1S/C23H29NO4/c1-17-7-4-5-9-20(17)28-16-19-8-6-12-24(15-19)23(25)14-18-10-11-21(26-2)22(13-18)27-3/h4-5,7,9-11,13,19H,6,8,12,14-16H2,1-3H3.